The summed E-state index contributed by atoms with van der Waals surface area (Å²) in [5, 5.41) is 0. The van der Waals surface area contributed by atoms with E-state index in [2.05, 4.69) is 18.8 Å². The SMILES string of the molecule is CC(C)C(N)=NC1CCCCC1. The third kappa shape index (κ3) is 2.84. The topological polar surface area (TPSA) is 38.4 Å². The molecule has 0 aromatic carbocycles. The summed E-state index contributed by atoms with van der Waals surface area (Å²) in [5.74, 6) is 1.24. The van der Waals surface area contributed by atoms with Crippen molar-refractivity contribution in [2.75, 3.05) is 0 Å². The van der Waals surface area contributed by atoms with Crippen LogP contribution in [0.5, 0.6) is 0 Å². The average molecular weight is 168 g/mol. The Balaban J connectivity index is 2.41. The Morgan fingerprint density at radius 3 is 2.33 bits per heavy atom. The molecule has 0 radical (unpaired) electrons. The summed E-state index contributed by atoms with van der Waals surface area (Å²) in [5.41, 5.74) is 5.80. The number of aliphatic imine (C=N–C) groups is 1. The molecule has 0 aromatic rings. The second kappa shape index (κ2) is 4.48. The Morgan fingerprint density at radius 1 is 1.25 bits per heavy atom. The molecule has 1 rings (SSSR count). The van der Waals surface area contributed by atoms with Crippen molar-refractivity contribution < 1.29 is 0 Å². The molecule has 2 nitrogen and oxygen atoms in total. The molecular weight excluding hydrogens is 148 g/mol. The summed E-state index contributed by atoms with van der Waals surface area (Å²) in [6.45, 7) is 4.20. The molecule has 1 aliphatic carbocycles. The highest BCUT2D eigenvalue weighted by atomic mass is 14.9. The van der Waals surface area contributed by atoms with Crippen molar-refractivity contribution in [2.24, 2.45) is 16.6 Å². The zero-order valence-electron chi connectivity index (χ0n) is 8.21. The summed E-state index contributed by atoms with van der Waals surface area (Å²) in [7, 11) is 0. The van der Waals surface area contributed by atoms with Gasteiger partial charge in [0.25, 0.3) is 0 Å². The molecule has 0 aliphatic heterocycles. The largest absolute Gasteiger partial charge is 0.387 e. The third-order valence-electron chi connectivity index (χ3n) is 2.50. The van der Waals surface area contributed by atoms with Gasteiger partial charge in [0.05, 0.1) is 11.9 Å². The van der Waals surface area contributed by atoms with Crippen molar-refractivity contribution in [3.63, 3.8) is 0 Å². The molecule has 0 saturated heterocycles. The molecule has 2 N–H and O–H groups in total. The Labute approximate surface area is 75.3 Å². The monoisotopic (exact) mass is 168 g/mol. The van der Waals surface area contributed by atoms with Crippen LogP contribution in [0.4, 0.5) is 0 Å². The number of hydrogen-bond donors (Lipinski definition) is 1. The normalized spacial score (nSPS) is 21.8. The van der Waals surface area contributed by atoms with Gasteiger partial charge in [-0.3, -0.25) is 4.99 Å². The van der Waals surface area contributed by atoms with Crippen LogP contribution in [0.15, 0.2) is 4.99 Å². The first-order chi connectivity index (χ1) is 5.70. The second-order valence-corrected chi connectivity index (χ2v) is 4.00. The van der Waals surface area contributed by atoms with Gasteiger partial charge in [-0.25, -0.2) is 0 Å². The lowest BCUT2D eigenvalue weighted by Gasteiger charge is -2.19. The molecule has 0 atom stereocenters. The van der Waals surface area contributed by atoms with E-state index in [0.29, 0.717) is 12.0 Å². The Hall–Kier alpha value is -0.530. The van der Waals surface area contributed by atoms with Crippen LogP contribution < -0.4 is 5.73 Å². The standard InChI is InChI=1S/C10H20N2/c1-8(2)10(11)12-9-6-4-3-5-7-9/h8-9H,3-7H2,1-2H3,(H2,11,12). The summed E-state index contributed by atoms with van der Waals surface area (Å²) >= 11 is 0. The van der Waals surface area contributed by atoms with Crippen LogP contribution in [0.3, 0.4) is 0 Å². The maximum Gasteiger partial charge on any atom is 0.0966 e. The van der Waals surface area contributed by atoms with Gasteiger partial charge in [-0.2, -0.15) is 0 Å². The average Bonchev–Trinajstić information content (AvgIpc) is 2.06. The van der Waals surface area contributed by atoms with E-state index < -0.39 is 0 Å². The molecule has 1 fully saturated rings. The first kappa shape index (κ1) is 9.56. The molecule has 2 heteroatoms. The summed E-state index contributed by atoms with van der Waals surface area (Å²) in [4.78, 5) is 4.53. The molecule has 0 amide bonds. The molecule has 1 aliphatic rings. The first-order valence-electron chi connectivity index (χ1n) is 5.03. The molecule has 0 bridgehead atoms. The van der Waals surface area contributed by atoms with Crippen LogP contribution in [0, 0.1) is 5.92 Å². The van der Waals surface area contributed by atoms with Gasteiger partial charge in [-0.05, 0) is 12.8 Å². The lowest BCUT2D eigenvalue weighted by Crippen LogP contribution is -2.23. The van der Waals surface area contributed by atoms with Crippen molar-refractivity contribution in [3.05, 3.63) is 0 Å². The molecule has 70 valence electrons. The van der Waals surface area contributed by atoms with Gasteiger partial charge in [0.1, 0.15) is 0 Å². The van der Waals surface area contributed by atoms with Crippen molar-refractivity contribution in [3.8, 4) is 0 Å². The van der Waals surface area contributed by atoms with Crippen LogP contribution in [-0.4, -0.2) is 11.9 Å². The van der Waals surface area contributed by atoms with E-state index in [0.717, 1.165) is 5.84 Å². The minimum absolute atomic E-state index is 0.409. The molecule has 0 heterocycles. The van der Waals surface area contributed by atoms with Gasteiger partial charge >= 0.3 is 0 Å². The molecule has 0 unspecified atom stereocenters. The van der Waals surface area contributed by atoms with E-state index >= 15 is 0 Å². The van der Waals surface area contributed by atoms with Crippen LogP contribution in [-0.2, 0) is 0 Å². The van der Waals surface area contributed by atoms with Crippen LogP contribution in [0.1, 0.15) is 46.0 Å². The van der Waals surface area contributed by atoms with Gasteiger partial charge in [-0.1, -0.05) is 33.1 Å². The highest BCUT2D eigenvalue weighted by Crippen LogP contribution is 2.20. The van der Waals surface area contributed by atoms with Gasteiger partial charge in [0, 0.05) is 5.92 Å². The number of rotatable bonds is 2. The van der Waals surface area contributed by atoms with Crippen molar-refractivity contribution in [1.29, 1.82) is 0 Å². The summed E-state index contributed by atoms with van der Waals surface area (Å²) in [6.07, 6.45) is 6.54. The fraction of sp³-hybridized carbons (Fsp3) is 0.900. The zero-order chi connectivity index (χ0) is 8.97. The molecule has 1 saturated carbocycles. The lowest BCUT2D eigenvalue weighted by atomic mass is 9.96. The Kier molecular flexibility index (Phi) is 3.57. The Morgan fingerprint density at radius 2 is 1.83 bits per heavy atom. The maximum absolute atomic E-state index is 5.80. The smallest absolute Gasteiger partial charge is 0.0966 e. The van der Waals surface area contributed by atoms with Gasteiger partial charge in [-0.15, -0.1) is 0 Å². The minimum atomic E-state index is 0.409. The van der Waals surface area contributed by atoms with Crippen LogP contribution in [0.2, 0.25) is 0 Å². The summed E-state index contributed by atoms with van der Waals surface area (Å²) < 4.78 is 0. The number of amidine groups is 1. The third-order valence-corrected chi connectivity index (χ3v) is 2.50. The van der Waals surface area contributed by atoms with Crippen molar-refractivity contribution in [2.45, 2.75) is 52.0 Å². The predicted molar refractivity (Wildman–Crippen MR) is 53.3 cm³/mol. The number of hydrogen-bond acceptors (Lipinski definition) is 1. The Bertz CT molecular complexity index is 155. The molecular formula is C10H20N2. The van der Waals surface area contributed by atoms with Gasteiger partial charge < -0.3 is 5.73 Å². The van der Waals surface area contributed by atoms with Crippen molar-refractivity contribution >= 4 is 5.84 Å². The van der Waals surface area contributed by atoms with Gasteiger partial charge in [0.15, 0.2) is 0 Å². The van der Waals surface area contributed by atoms with E-state index in [1.165, 1.54) is 32.1 Å². The fourth-order valence-electron chi connectivity index (χ4n) is 1.57. The van der Waals surface area contributed by atoms with Crippen LogP contribution in [0.25, 0.3) is 0 Å². The maximum atomic E-state index is 5.80. The molecule has 0 aromatic heterocycles. The van der Waals surface area contributed by atoms with E-state index in [1.54, 1.807) is 0 Å². The van der Waals surface area contributed by atoms with E-state index in [1.807, 2.05) is 0 Å². The van der Waals surface area contributed by atoms with Crippen molar-refractivity contribution in [1.82, 2.24) is 0 Å². The second-order valence-electron chi connectivity index (χ2n) is 4.00. The summed E-state index contributed by atoms with van der Waals surface area (Å²) in [6, 6.07) is 0.529. The molecule has 0 spiro atoms. The number of nitrogens with zero attached hydrogens (tertiary/aromatic N) is 1. The van der Waals surface area contributed by atoms with E-state index in [4.69, 9.17) is 5.73 Å². The van der Waals surface area contributed by atoms with Gasteiger partial charge in [0.2, 0.25) is 0 Å². The first-order valence-corrected chi connectivity index (χ1v) is 5.03. The highest BCUT2D eigenvalue weighted by Gasteiger charge is 2.12. The molecule has 12 heavy (non-hydrogen) atoms. The van der Waals surface area contributed by atoms with E-state index in [9.17, 15) is 0 Å². The van der Waals surface area contributed by atoms with E-state index in [-0.39, 0.29) is 0 Å². The lowest BCUT2D eigenvalue weighted by molar-refractivity contribution is 0.441. The minimum Gasteiger partial charge on any atom is -0.387 e. The quantitative estimate of drug-likeness (QED) is 0.499. The predicted octanol–water partition coefficient (Wildman–Crippen LogP) is 2.33. The number of nitrogens with two attached hydrogens (primary N) is 1. The highest BCUT2D eigenvalue weighted by molar-refractivity contribution is 5.82. The van der Waals surface area contributed by atoms with Crippen LogP contribution >= 0.6 is 0 Å². The zero-order valence-corrected chi connectivity index (χ0v) is 8.21. The fourth-order valence-corrected chi connectivity index (χ4v) is 1.57.